The zero-order valence-corrected chi connectivity index (χ0v) is 17.3. The SMILES string of the molecule is CCc1c(C)nc(C2CCCN2C(=O)COc2c(OC)cccc2OC)[nH]c1=O. The van der Waals surface area contributed by atoms with Crippen LogP contribution in [0.5, 0.6) is 17.2 Å². The van der Waals surface area contributed by atoms with Crippen LogP contribution in [-0.4, -0.2) is 48.1 Å². The van der Waals surface area contributed by atoms with Crippen LogP contribution in [0.15, 0.2) is 23.0 Å². The van der Waals surface area contributed by atoms with Gasteiger partial charge in [0.2, 0.25) is 5.75 Å². The van der Waals surface area contributed by atoms with Crippen molar-refractivity contribution in [2.45, 2.75) is 39.2 Å². The van der Waals surface area contributed by atoms with E-state index in [1.54, 1.807) is 23.1 Å². The summed E-state index contributed by atoms with van der Waals surface area (Å²) in [5.41, 5.74) is 1.25. The van der Waals surface area contributed by atoms with E-state index in [0.29, 0.717) is 47.3 Å². The van der Waals surface area contributed by atoms with E-state index in [0.717, 1.165) is 12.8 Å². The van der Waals surface area contributed by atoms with Gasteiger partial charge in [-0.25, -0.2) is 4.98 Å². The molecule has 1 atom stereocenters. The topological polar surface area (TPSA) is 93.8 Å². The number of aryl methyl sites for hydroxylation is 1. The average Bonchev–Trinajstić information content (AvgIpc) is 3.21. The Kier molecular flexibility index (Phi) is 6.41. The Morgan fingerprint density at radius 3 is 2.55 bits per heavy atom. The van der Waals surface area contributed by atoms with Crippen LogP contribution >= 0.6 is 0 Å². The second-order valence-corrected chi connectivity index (χ2v) is 6.89. The highest BCUT2D eigenvalue weighted by atomic mass is 16.5. The molecule has 1 aromatic heterocycles. The van der Waals surface area contributed by atoms with Crippen molar-refractivity contribution in [2.24, 2.45) is 0 Å². The molecular formula is C21H27N3O5. The lowest BCUT2D eigenvalue weighted by Crippen LogP contribution is -2.36. The molecular weight excluding hydrogens is 374 g/mol. The van der Waals surface area contributed by atoms with E-state index in [1.807, 2.05) is 13.8 Å². The number of carbonyl (C=O) groups excluding carboxylic acids is 1. The summed E-state index contributed by atoms with van der Waals surface area (Å²) in [6.07, 6.45) is 2.21. The Bertz CT molecular complexity index is 918. The maximum absolute atomic E-state index is 12.9. The molecule has 3 rings (SSSR count). The second kappa shape index (κ2) is 8.98. The quantitative estimate of drug-likeness (QED) is 0.766. The van der Waals surface area contributed by atoms with Crippen molar-refractivity contribution in [3.05, 3.63) is 45.6 Å². The van der Waals surface area contributed by atoms with Crippen LogP contribution < -0.4 is 19.8 Å². The minimum absolute atomic E-state index is 0.135. The fourth-order valence-electron chi connectivity index (χ4n) is 3.73. The monoisotopic (exact) mass is 401 g/mol. The fourth-order valence-corrected chi connectivity index (χ4v) is 3.73. The number of carbonyl (C=O) groups is 1. The van der Waals surface area contributed by atoms with E-state index < -0.39 is 0 Å². The van der Waals surface area contributed by atoms with Gasteiger partial charge in [0, 0.05) is 17.8 Å². The summed E-state index contributed by atoms with van der Waals surface area (Å²) in [4.78, 5) is 34.4. The molecule has 0 bridgehead atoms. The second-order valence-electron chi connectivity index (χ2n) is 6.89. The number of methoxy groups -OCH3 is 2. The summed E-state index contributed by atoms with van der Waals surface area (Å²) in [5, 5.41) is 0. The summed E-state index contributed by atoms with van der Waals surface area (Å²) < 4.78 is 16.4. The minimum atomic E-state index is -0.261. The van der Waals surface area contributed by atoms with Gasteiger partial charge in [0.25, 0.3) is 11.5 Å². The predicted octanol–water partition coefficient (Wildman–Crippen LogP) is 2.40. The number of H-pyrrole nitrogens is 1. The molecule has 0 radical (unpaired) electrons. The van der Waals surface area contributed by atoms with Crippen molar-refractivity contribution in [1.29, 1.82) is 0 Å². The summed E-state index contributed by atoms with van der Waals surface area (Å²) in [5.74, 6) is 1.72. The number of hydrogen-bond donors (Lipinski definition) is 1. The van der Waals surface area contributed by atoms with Gasteiger partial charge < -0.3 is 24.1 Å². The van der Waals surface area contributed by atoms with Crippen LogP contribution in [0.4, 0.5) is 0 Å². The number of hydrogen-bond acceptors (Lipinski definition) is 6. The highest BCUT2D eigenvalue weighted by Crippen LogP contribution is 2.37. The van der Waals surface area contributed by atoms with Crippen LogP contribution in [0, 0.1) is 6.92 Å². The Balaban J connectivity index is 1.77. The molecule has 8 heteroatoms. The third kappa shape index (κ3) is 4.21. The number of likely N-dealkylation sites (tertiary alicyclic amines) is 1. The van der Waals surface area contributed by atoms with E-state index in [9.17, 15) is 9.59 Å². The van der Waals surface area contributed by atoms with Gasteiger partial charge in [-0.3, -0.25) is 9.59 Å². The van der Waals surface area contributed by atoms with E-state index in [1.165, 1.54) is 14.2 Å². The van der Waals surface area contributed by atoms with Crippen LogP contribution in [0.2, 0.25) is 0 Å². The molecule has 2 heterocycles. The summed E-state index contributed by atoms with van der Waals surface area (Å²) in [7, 11) is 3.06. The van der Waals surface area contributed by atoms with Gasteiger partial charge in [-0.2, -0.15) is 0 Å². The zero-order chi connectivity index (χ0) is 21.0. The predicted molar refractivity (Wildman–Crippen MR) is 108 cm³/mol. The number of para-hydroxylation sites is 1. The first-order valence-electron chi connectivity index (χ1n) is 9.73. The molecule has 8 nitrogen and oxygen atoms in total. The van der Waals surface area contributed by atoms with E-state index in [-0.39, 0.29) is 24.1 Å². The van der Waals surface area contributed by atoms with Gasteiger partial charge in [0.15, 0.2) is 18.1 Å². The molecule has 2 aromatic rings. The van der Waals surface area contributed by atoms with Crippen LogP contribution in [0.3, 0.4) is 0 Å². The number of rotatable bonds is 7. The molecule has 1 amide bonds. The average molecular weight is 401 g/mol. The number of aromatic amines is 1. The van der Waals surface area contributed by atoms with Crippen LogP contribution in [-0.2, 0) is 11.2 Å². The lowest BCUT2D eigenvalue weighted by molar-refractivity contribution is -0.134. The summed E-state index contributed by atoms with van der Waals surface area (Å²) in [6, 6.07) is 5.01. The third-order valence-electron chi connectivity index (χ3n) is 5.21. The molecule has 29 heavy (non-hydrogen) atoms. The maximum Gasteiger partial charge on any atom is 0.261 e. The molecule has 1 unspecified atom stereocenters. The Hall–Kier alpha value is -3.03. The molecule has 0 spiro atoms. The summed E-state index contributed by atoms with van der Waals surface area (Å²) >= 11 is 0. The van der Waals surface area contributed by atoms with Crippen molar-refractivity contribution in [1.82, 2.24) is 14.9 Å². The van der Waals surface area contributed by atoms with Crippen LogP contribution in [0.25, 0.3) is 0 Å². The lowest BCUT2D eigenvalue weighted by atomic mass is 10.1. The smallest absolute Gasteiger partial charge is 0.261 e. The molecule has 1 aliphatic rings. The van der Waals surface area contributed by atoms with Gasteiger partial charge in [-0.15, -0.1) is 0 Å². The van der Waals surface area contributed by atoms with Gasteiger partial charge in [-0.1, -0.05) is 13.0 Å². The van der Waals surface area contributed by atoms with Crippen LogP contribution in [0.1, 0.15) is 42.9 Å². The molecule has 156 valence electrons. The number of amides is 1. The molecule has 1 saturated heterocycles. The van der Waals surface area contributed by atoms with Crippen molar-refractivity contribution < 1.29 is 19.0 Å². The van der Waals surface area contributed by atoms with E-state index in [4.69, 9.17) is 14.2 Å². The van der Waals surface area contributed by atoms with E-state index >= 15 is 0 Å². The Labute approximate surface area is 169 Å². The first kappa shape index (κ1) is 20.7. The van der Waals surface area contributed by atoms with Gasteiger partial charge in [0.1, 0.15) is 5.82 Å². The van der Waals surface area contributed by atoms with Crippen molar-refractivity contribution in [3.63, 3.8) is 0 Å². The number of nitrogens with one attached hydrogen (secondary N) is 1. The number of nitrogens with zero attached hydrogens (tertiary/aromatic N) is 2. The molecule has 1 aromatic carbocycles. The Morgan fingerprint density at radius 2 is 1.97 bits per heavy atom. The molecule has 0 aliphatic carbocycles. The Morgan fingerprint density at radius 1 is 1.28 bits per heavy atom. The highest BCUT2D eigenvalue weighted by molar-refractivity contribution is 5.78. The van der Waals surface area contributed by atoms with E-state index in [2.05, 4.69) is 9.97 Å². The van der Waals surface area contributed by atoms with Crippen molar-refractivity contribution in [2.75, 3.05) is 27.4 Å². The first-order valence-corrected chi connectivity index (χ1v) is 9.73. The van der Waals surface area contributed by atoms with Crippen molar-refractivity contribution >= 4 is 5.91 Å². The number of aromatic nitrogens is 2. The minimum Gasteiger partial charge on any atom is -0.493 e. The summed E-state index contributed by atoms with van der Waals surface area (Å²) in [6.45, 7) is 4.18. The zero-order valence-electron chi connectivity index (χ0n) is 17.3. The fraction of sp³-hybridized carbons (Fsp3) is 0.476. The number of benzene rings is 1. The largest absolute Gasteiger partial charge is 0.493 e. The first-order chi connectivity index (χ1) is 14.0. The molecule has 0 saturated carbocycles. The van der Waals surface area contributed by atoms with Gasteiger partial charge >= 0.3 is 0 Å². The third-order valence-corrected chi connectivity index (χ3v) is 5.21. The van der Waals surface area contributed by atoms with Crippen molar-refractivity contribution in [3.8, 4) is 17.2 Å². The molecule has 1 fully saturated rings. The lowest BCUT2D eigenvalue weighted by Gasteiger charge is -2.25. The molecule has 1 N–H and O–H groups in total. The van der Waals surface area contributed by atoms with Gasteiger partial charge in [0.05, 0.1) is 20.3 Å². The highest BCUT2D eigenvalue weighted by Gasteiger charge is 2.32. The normalized spacial score (nSPS) is 16.0. The molecule has 1 aliphatic heterocycles. The maximum atomic E-state index is 12.9. The standard InChI is InChI=1S/C21H27N3O5/c1-5-14-13(2)22-20(23-21(14)26)15-8-7-11-24(15)18(25)12-29-19-16(27-3)9-6-10-17(19)28-4/h6,9-10,15H,5,7-8,11-12H2,1-4H3,(H,22,23,26). The number of ether oxygens (including phenoxy) is 3. The van der Waals surface area contributed by atoms with Gasteiger partial charge in [-0.05, 0) is 38.3 Å².